The fraction of sp³-hybridized carbons (Fsp3) is 0.600. The molecule has 0 saturated carbocycles. The van der Waals surface area contributed by atoms with Gasteiger partial charge in [-0.2, -0.15) is 8.42 Å². The van der Waals surface area contributed by atoms with Crippen LogP contribution in [0.2, 0.25) is 0 Å². The minimum atomic E-state index is -3.66. The number of aryl methyl sites for hydroxylation is 1. The van der Waals surface area contributed by atoms with Crippen molar-refractivity contribution in [3.8, 4) is 0 Å². The second-order valence-corrected chi connectivity index (χ2v) is 6.70. The third-order valence-corrected chi connectivity index (χ3v) is 4.16. The largest absolute Gasteiger partial charge is 0.381 e. The van der Waals surface area contributed by atoms with E-state index >= 15 is 0 Å². The molecular weight excluding hydrogens is 276 g/mol. The Balaban J connectivity index is 2.41. The van der Waals surface area contributed by atoms with Crippen LogP contribution in [0.25, 0.3) is 0 Å². The Hall–Kier alpha value is -0.910. The number of ether oxygens (including phenoxy) is 1. The molecule has 4 nitrogen and oxygen atoms in total. The summed E-state index contributed by atoms with van der Waals surface area (Å²) in [5.74, 6) is 0.0482. The van der Waals surface area contributed by atoms with Crippen molar-refractivity contribution in [1.82, 2.24) is 0 Å². The lowest BCUT2D eigenvalue weighted by Crippen LogP contribution is -2.17. The SMILES string of the molecule is CCCCOC[C@H](C)COS(=O)(=O)c1ccc(C)cc1. The maximum Gasteiger partial charge on any atom is 0.296 e. The van der Waals surface area contributed by atoms with Crippen LogP contribution in [-0.4, -0.2) is 28.2 Å². The second kappa shape index (κ2) is 8.39. The number of rotatable bonds is 9. The Morgan fingerprint density at radius 2 is 1.80 bits per heavy atom. The molecule has 0 spiro atoms. The predicted molar refractivity (Wildman–Crippen MR) is 79.2 cm³/mol. The quantitative estimate of drug-likeness (QED) is 0.519. The highest BCUT2D eigenvalue weighted by Gasteiger charge is 2.16. The summed E-state index contributed by atoms with van der Waals surface area (Å²) in [5.41, 5.74) is 1.02. The molecule has 20 heavy (non-hydrogen) atoms. The fourth-order valence-electron chi connectivity index (χ4n) is 1.56. The highest BCUT2D eigenvalue weighted by molar-refractivity contribution is 7.86. The third kappa shape index (κ3) is 6.03. The van der Waals surface area contributed by atoms with E-state index in [0.29, 0.717) is 13.2 Å². The molecule has 5 heteroatoms. The van der Waals surface area contributed by atoms with Crippen molar-refractivity contribution in [3.63, 3.8) is 0 Å². The van der Waals surface area contributed by atoms with Gasteiger partial charge in [0.05, 0.1) is 18.1 Å². The smallest absolute Gasteiger partial charge is 0.296 e. The first-order valence-corrected chi connectivity index (χ1v) is 8.40. The van der Waals surface area contributed by atoms with Crippen LogP contribution >= 0.6 is 0 Å². The molecule has 0 fully saturated rings. The molecule has 0 heterocycles. The lowest BCUT2D eigenvalue weighted by molar-refractivity contribution is 0.0844. The maximum atomic E-state index is 12.0. The molecule has 1 atom stereocenters. The zero-order valence-electron chi connectivity index (χ0n) is 12.5. The van der Waals surface area contributed by atoms with E-state index in [1.54, 1.807) is 24.3 Å². The molecular formula is C15H24O4S. The molecule has 114 valence electrons. The minimum absolute atomic E-state index is 0.0482. The van der Waals surface area contributed by atoms with Crippen molar-refractivity contribution >= 4 is 10.1 Å². The first-order chi connectivity index (χ1) is 9.45. The molecule has 0 aliphatic rings. The summed E-state index contributed by atoms with van der Waals surface area (Å²) < 4.78 is 34.4. The molecule has 1 aromatic carbocycles. The number of hydrogen-bond donors (Lipinski definition) is 0. The number of hydrogen-bond acceptors (Lipinski definition) is 4. The standard InChI is InChI=1S/C15H24O4S/c1-4-5-10-18-11-14(3)12-19-20(16,17)15-8-6-13(2)7-9-15/h6-9,14H,4-5,10-12H2,1-3H3/t14-/m0/s1. The van der Waals surface area contributed by atoms with Gasteiger partial charge in [0.1, 0.15) is 0 Å². The minimum Gasteiger partial charge on any atom is -0.381 e. The highest BCUT2D eigenvalue weighted by Crippen LogP contribution is 2.14. The van der Waals surface area contributed by atoms with Crippen molar-refractivity contribution < 1.29 is 17.3 Å². The molecule has 0 aliphatic carbocycles. The van der Waals surface area contributed by atoms with Crippen molar-refractivity contribution in [2.45, 2.75) is 38.5 Å². The molecule has 1 aromatic rings. The van der Waals surface area contributed by atoms with E-state index in [0.717, 1.165) is 18.4 Å². The second-order valence-electron chi connectivity index (χ2n) is 5.09. The van der Waals surface area contributed by atoms with Crippen LogP contribution in [0.15, 0.2) is 29.2 Å². The molecule has 0 saturated heterocycles. The first-order valence-electron chi connectivity index (χ1n) is 6.99. The van der Waals surface area contributed by atoms with Crippen LogP contribution in [0.5, 0.6) is 0 Å². The Labute approximate surface area is 122 Å². The summed E-state index contributed by atoms with van der Waals surface area (Å²) in [6.07, 6.45) is 2.11. The van der Waals surface area contributed by atoms with Gasteiger partial charge >= 0.3 is 0 Å². The number of unbranched alkanes of at least 4 members (excludes halogenated alkanes) is 1. The third-order valence-electron chi connectivity index (χ3n) is 2.86. The Kier molecular flexibility index (Phi) is 7.19. The van der Waals surface area contributed by atoms with Gasteiger partial charge in [0.2, 0.25) is 0 Å². The van der Waals surface area contributed by atoms with E-state index in [4.69, 9.17) is 8.92 Å². The van der Waals surface area contributed by atoms with Gasteiger partial charge in [-0.3, -0.25) is 4.18 Å². The summed E-state index contributed by atoms with van der Waals surface area (Å²) >= 11 is 0. The molecule has 0 bridgehead atoms. The van der Waals surface area contributed by atoms with Crippen molar-refractivity contribution in [2.24, 2.45) is 5.92 Å². The Morgan fingerprint density at radius 1 is 1.15 bits per heavy atom. The molecule has 0 amide bonds. The van der Waals surface area contributed by atoms with Gasteiger partial charge in [-0.25, -0.2) is 0 Å². The summed E-state index contributed by atoms with van der Waals surface area (Å²) in [6.45, 7) is 7.30. The molecule has 0 N–H and O–H groups in total. The zero-order chi connectivity index (χ0) is 15.0. The lowest BCUT2D eigenvalue weighted by atomic mass is 10.2. The molecule has 0 aliphatic heterocycles. The van der Waals surface area contributed by atoms with E-state index in [-0.39, 0.29) is 17.4 Å². The summed E-state index contributed by atoms with van der Waals surface area (Å²) in [4.78, 5) is 0.196. The summed E-state index contributed by atoms with van der Waals surface area (Å²) in [5, 5.41) is 0. The van der Waals surface area contributed by atoms with Gasteiger partial charge in [-0.1, -0.05) is 38.0 Å². The van der Waals surface area contributed by atoms with Gasteiger partial charge in [0.15, 0.2) is 0 Å². The van der Waals surface area contributed by atoms with E-state index in [1.165, 1.54) is 0 Å². The van der Waals surface area contributed by atoms with Gasteiger partial charge in [0.25, 0.3) is 10.1 Å². The van der Waals surface area contributed by atoms with Crippen LogP contribution in [0.3, 0.4) is 0 Å². The van der Waals surface area contributed by atoms with E-state index < -0.39 is 10.1 Å². The van der Waals surface area contributed by atoms with Crippen molar-refractivity contribution in [2.75, 3.05) is 19.8 Å². The van der Waals surface area contributed by atoms with E-state index in [9.17, 15) is 8.42 Å². The van der Waals surface area contributed by atoms with Crippen LogP contribution in [0.1, 0.15) is 32.3 Å². The van der Waals surface area contributed by atoms with Gasteiger partial charge in [-0.05, 0) is 25.5 Å². The Bertz CT molecular complexity index is 479. The van der Waals surface area contributed by atoms with Crippen molar-refractivity contribution in [1.29, 1.82) is 0 Å². The van der Waals surface area contributed by atoms with Gasteiger partial charge in [0, 0.05) is 12.5 Å². The molecule has 0 aromatic heterocycles. The molecule has 1 rings (SSSR count). The van der Waals surface area contributed by atoms with Crippen molar-refractivity contribution in [3.05, 3.63) is 29.8 Å². The first kappa shape index (κ1) is 17.1. The summed E-state index contributed by atoms with van der Waals surface area (Å²) in [6, 6.07) is 6.64. The maximum absolute atomic E-state index is 12.0. The van der Waals surface area contributed by atoms with Crippen LogP contribution < -0.4 is 0 Å². The van der Waals surface area contributed by atoms with Gasteiger partial charge in [-0.15, -0.1) is 0 Å². The summed E-state index contributed by atoms with van der Waals surface area (Å²) in [7, 11) is -3.66. The fourth-order valence-corrected chi connectivity index (χ4v) is 2.57. The molecule has 0 radical (unpaired) electrons. The predicted octanol–water partition coefficient (Wildman–Crippen LogP) is 3.15. The average Bonchev–Trinajstić information content (AvgIpc) is 2.42. The number of benzene rings is 1. The van der Waals surface area contributed by atoms with Crippen LogP contribution in [0.4, 0.5) is 0 Å². The highest BCUT2D eigenvalue weighted by atomic mass is 32.2. The molecule has 0 unspecified atom stereocenters. The van der Waals surface area contributed by atoms with Crippen LogP contribution in [0, 0.1) is 12.8 Å². The van der Waals surface area contributed by atoms with E-state index in [1.807, 2.05) is 13.8 Å². The zero-order valence-corrected chi connectivity index (χ0v) is 13.3. The normalized spacial score (nSPS) is 13.3. The Morgan fingerprint density at radius 3 is 2.40 bits per heavy atom. The lowest BCUT2D eigenvalue weighted by Gasteiger charge is -2.12. The average molecular weight is 300 g/mol. The topological polar surface area (TPSA) is 52.6 Å². The van der Waals surface area contributed by atoms with Crippen LogP contribution in [-0.2, 0) is 19.0 Å². The van der Waals surface area contributed by atoms with E-state index in [2.05, 4.69) is 6.92 Å². The monoisotopic (exact) mass is 300 g/mol. The van der Waals surface area contributed by atoms with Gasteiger partial charge < -0.3 is 4.74 Å².